The third-order valence-corrected chi connectivity index (χ3v) is 3.62. The Balaban J connectivity index is 2.16. The lowest BCUT2D eigenvalue weighted by molar-refractivity contribution is -0.139. The number of hydrogen-bond donors (Lipinski definition) is 3. The van der Waals surface area contributed by atoms with Crippen LogP contribution in [0, 0.1) is 0 Å². The highest BCUT2D eigenvalue weighted by molar-refractivity contribution is 6.31. The molecular weight excluding hydrogens is 270 g/mol. The van der Waals surface area contributed by atoms with Gasteiger partial charge in [0.25, 0.3) is 5.91 Å². The molecule has 102 valence electrons. The van der Waals surface area contributed by atoms with Crippen molar-refractivity contribution in [1.82, 2.24) is 5.32 Å². The molecule has 1 aliphatic rings. The summed E-state index contributed by atoms with van der Waals surface area (Å²) in [7, 11) is 0. The molecule has 0 radical (unpaired) electrons. The van der Waals surface area contributed by atoms with E-state index >= 15 is 0 Å². The van der Waals surface area contributed by atoms with Crippen LogP contribution in [0.5, 0.6) is 5.75 Å². The summed E-state index contributed by atoms with van der Waals surface area (Å²) in [4.78, 5) is 22.9. The Kier molecular flexibility index (Phi) is 3.66. The van der Waals surface area contributed by atoms with Gasteiger partial charge in [-0.1, -0.05) is 11.6 Å². The van der Waals surface area contributed by atoms with Crippen LogP contribution in [0.15, 0.2) is 18.2 Å². The minimum atomic E-state index is -0.949. The van der Waals surface area contributed by atoms with E-state index in [0.717, 1.165) is 6.42 Å². The quantitative estimate of drug-likeness (QED) is 0.790. The third kappa shape index (κ3) is 2.98. The number of carbonyl (C=O) groups excluding carboxylic acids is 1. The summed E-state index contributed by atoms with van der Waals surface area (Å²) in [6.07, 6.45) is 2.04. The maximum absolute atomic E-state index is 12.1. The van der Waals surface area contributed by atoms with Crippen molar-refractivity contribution in [3.8, 4) is 5.75 Å². The molecule has 2 rings (SSSR count). The number of halogens is 1. The van der Waals surface area contributed by atoms with Gasteiger partial charge in [0.05, 0.1) is 17.5 Å². The first kappa shape index (κ1) is 13.7. The lowest BCUT2D eigenvalue weighted by Gasteiger charge is -2.41. The third-order valence-electron chi connectivity index (χ3n) is 3.38. The van der Waals surface area contributed by atoms with E-state index in [2.05, 4.69) is 5.32 Å². The maximum Gasteiger partial charge on any atom is 0.305 e. The molecule has 19 heavy (non-hydrogen) atoms. The van der Waals surface area contributed by atoms with E-state index in [4.69, 9.17) is 16.7 Å². The maximum atomic E-state index is 12.1. The van der Waals surface area contributed by atoms with E-state index in [9.17, 15) is 14.7 Å². The van der Waals surface area contributed by atoms with Gasteiger partial charge in [0.2, 0.25) is 0 Å². The summed E-state index contributed by atoms with van der Waals surface area (Å²) in [5.41, 5.74) is -0.637. The van der Waals surface area contributed by atoms with Crippen molar-refractivity contribution in [1.29, 1.82) is 0 Å². The van der Waals surface area contributed by atoms with Crippen molar-refractivity contribution in [2.24, 2.45) is 0 Å². The average Bonchev–Trinajstić information content (AvgIpc) is 2.28. The van der Waals surface area contributed by atoms with Gasteiger partial charge in [-0.3, -0.25) is 9.59 Å². The summed E-state index contributed by atoms with van der Waals surface area (Å²) in [5, 5.41) is 21.6. The molecule has 1 amide bonds. The number of nitrogens with one attached hydrogen (secondary N) is 1. The van der Waals surface area contributed by atoms with E-state index < -0.39 is 17.4 Å². The number of hydrogen-bond acceptors (Lipinski definition) is 3. The molecule has 6 heteroatoms. The van der Waals surface area contributed by atoms with E-state index in [1.807, 2.05) is 0 Å². The number of rotatable bonds is 4. The summed E-state index contributed by atoms with van der Waals surface area (Å²) >= 11 is 5.78. The number of aromatic hydroxyl groups is 1. The Labute approximate surface area is 115 Å². The lowest BCUT2D eigenvalue weighted by atomic mass is 9.74. The second kappa shape index (κ2) is 5.09. The Morgan fingerprint density at radius 1 is 1.37 bits per heavy atom. The van der Waals surface area contributed by atoms with Gasteiger partial charge in [0.15, 0.2) is 0 Å². The molecule has 0 aliphatic heterocycles. The Morgan fingerprint density at radius 2 is 2.05 bits per heavy atom. The minimum absolute atomic E-state index is 0.0594. The Bertz CT molecular complexity index is 525. The van der Waals surface area contributed by atoms with Crippen molar-refractivity contribution in [3.63, 3.8) is 0 Å². The molecule has 0 spiro atoms. The molecule has 1 aliphatic carbocycles. The van der Waals surface area contributed by atoms with Gasteiger partial charge in [-0.2, -0.15) is 0 Å². The van der Waals surface area contributed by atoms with Crippen LogP contribution in [-0.4, -0.2) is 27.6 Å². The van der Waals surface area contributed by atoms with Crippen LogP contribution in [0.2, 0.25) is 5.02 Å². The van der Waals surface area contributed by atoms with Crippen molar-refractivity contribution in [3.05, 3.63) is 28.8 Å². The Hall–Kier alpha value is -1.75. The number of phenols is 1. The topological polar surface area (TPSA) is 86.6 Å². The summed E-state index contributed by atoms with van der Waals surface area (Å²) in [5.74, 6) is -1.62. The van der Waals surface area contributed by atoms with E-state index in [1.54, 1.807) is 0 Å². The van der Waals surface area contributed by atoms with Gasteiger partial charge in [0, 0.05) is 5.02 Å². The Morgan fingerprint density at radius 3 is 2.58 bits per heavy atom. The average molecular weight is 284 g/mol. The first-order chi connectivity index (χ1) is 8.92. The molecule has 0 atom stereocenters. The largest absolute Gasteiger partial charge is 0.507 e. The molecular formula is C13H14ClNO4. The molecule has 0 bridgehead atoms. The lowest BCUT2D eigenvalue weighted by Crippen LogP contribution is -2.54. The highest BCUT2D eigenvalue weighted by Gasteiger charge is 2.40. The fraction of sp³-hybridized carbons (Fsp3) is 0.385. The first-order valence-electron chi connectivity index (χ1n) is 5.95. The summed E-state index contributed by atoms with van der Waals surface area (Å²) in [6, 6.07) is 4.17. The molecule has 0 unspecified atom stereocenters. The van der Waals surface area contributed by atoms with Gasteiger partial charge in [0.1, 0.15) is 5.75 Å². The molecule has 1 aromatic carbocycles. The fourth-order valence-electron chi connectivity index (χ4n) is 2.24. The van der Waals surface area contributed by atoms with Crippen molar-refractivity contribution in [2.75, 3.05) is 0 Å². The number of aliphatic carboxylic acids is 1. The van der Waals surface area contributed by atoms with E-state index in [0.29, 0.717) is 17.9 Å². The van der Waals surface area contributed by atoms with Crippen LogP contribution in [0.4, 0.5) is 0 Å². The highest BCUT2D eigenvalue weighted by atomic mass is 35.5. The smallest absolute Gasteiger partial charge is 0.305 e. The standard InChI is InChI=1S/C13H14ClNO4/c14-8-2-3-10(16)9(6-8)12(19)15-13(4-1-5-13)7-11(17)18/h2-3,6,16H,1,4-5,7H2,(H,15,19)(H,17,18). The van der Waals surface area contributed by atoms with Crippen molar-refractivity contribution >= 4 is 23.5 Å². The molecule has 0 aromatic heterocycles. The number of carboxylic acids is 1. The van der Waals surface area contributed by atoms with Crippen LogP contribution in [0.1, 0.15) is 36.0 Å². The zero-order valence-electron chi connectivity index (χ0n) is 10.1. The number of carboxylic acid groups (broad SMARTS) is 1. The van der Waals surface area contributed by atoms with Gasteiger partial charge >= 0.3 is 5.97 Å². The monoisotopic (exact) mass is 283 g/mol. The van der Waals surface area contributed by atoms with Crippen LogP contribution in [0.25, 0.3) is 0 Å². The van der Waals surface area contributed by atoms with Gasteiger partial charge < -0.3 is 15.5 Å². The SMILES string of the molecule is O=C(O)CC1(NC(=O)c2cc(Cl)ccc2O)CCC1. The zero-order valence-corrected chi connectivity index (χ0v) is 10.9. The van der Waals surface area contributed by atoms with Crippen molar-refractivity contribution in [2.45, 2.75) is 31.2 Å². The molecule has 1 saturated carbocycles. The van der Waals surface area contributed by atoms with Crippen LogP contribution >= 0.6 is 11.6 Å². The predicted octanol–water partition coefficient (Wildman–Crippen LogP) is 2.17. The first-order valence-corrected chi connectivity index (χ1v) is 6.32. The zero-order chi connectivity index (χ0) is 14.0. The van der Waals surface area contributed by atoms with Gasteiger partial charge in [-0.15, -0.1) is 0 Å². The highest BCUT2D eigenvalue weighted by Crippen LogP contribution is 2.35. The van der Waals surface area contributed by atoms with Crippen LogP contribution in [-0.2, 0) is 4.79 Å². The van der Waals surface area contributed by atoms with Gasteiger partial charge in [-0.25, -0.2) is 0 Å². The van der Waals surface area contributed by atoms with Gasteiger partial charge in [-0.05, 0) is 37.5 Å². The van der Waals surface area contributed by atoms with Crippen LogP contribution < -0.4 is 5.32 Å². The summed E-state index contributed by atoms with van der Waals surface area (Å²) < 4.78 is 0. The van der Waals surface area contributed by atoms with Crippen LogP contribution in [0.3, 0.4) is 0 Å². The summed E-state index contributed by atoms with van der Waals surface area (Å²) in [6.45, 7) is 0. The molecule has 3 N–H and O–H groups in total. The normalized spacial score (nSPS) is 16.5. The second-order valence-electron chi connectivity index (χ2n) is 4.82. The predicted molar refractivity (Wildman–Crippen MR) is 69.4 cm³/mol. The molecule has 1 aromatic rings. The number of phenolic OH excluding ortho intramolecular Hbond substituents is 1. The molecule has 1 fully saturated rings. The number of amides is 1. The molecule has 5 nitrogen and oxygen atoms in total. The minimum Gasteiger partial charge on any atom is -0.507 e. The van der Waals surface area contributed by atoms with E-state index in [-0.39, 0.29) is 17.7 Å². The second-order valence-corrected chi connectivity index (χ2v) is 5.26. The molecule has 0 saturated heterocycles. The van der Waals surface area contributed by atoms with Crippen molar-refractivity contribution < 1.29 is 19.8 Å². The molecule has 0 heterocycles. The number of benzene rings is 1. The van der Waals surface area contributed by atoms with E-state index in [1.165, 1.54) is 18.2 Å². The fourth-order valence-corrected chi connectivity index (χ4v) is 2.41. The number of carbonyl (C=O) groups is 2.